The maximum atomic E-state index is 12.4. The van der Waals surface area contributed by atoms with Crippen LogP contribution in [-0.4, -0.2) is 18.0 Å². The van der Waals surface area contributed by atoms with Crippen LogP contribution in [0.15, 0.2) is 24.3 Å². The highest BCUT2D eigenvalue weighted by molar-refractivity contribution is 5.92. The van der Waals surface area contributed by atoms with Crippen LogP contribution in [0.3, 0.4) is 0 Å². The largest absolute Gasteiger partial charge is 0.449 e. The minimum absolute atomic E-state index is 0.294. The van der Waals surface area contributed by atoms with E-state index in [0.717, 1.165) is 18.2 Å². The molecule has 0 spiro atoms. The molecule has 1 aromatic rings. The van der Waals surface area contributed by atoms with Gasteiger partial charge in [-0.25, -0.2) is 4.79 Å². The second kappa shape index (κ2) is 5.07. The van der Waals surface area contributed by atoms with Gasteiger partial charge < -0.3 is 10.5 Å². The van der Waals surface area contributed by atoms with E-state index in [-0.39, 0.29) is 5.56 Å². The van der Waals surface area contributed by atoms with Crippen molar-refractivity contribution in [1.29, 1.82) is 0 Å². The normalized spacial score (nSPS) is 12.9. The number of carbonyl (C=O) groups excluding carboxylic acids is 2. The Labute approximate surface area is 101 Å². The van der Waals surface area contributed by atoms with Crippen molar-refractivity contribution in [3.05, 3.63) is 35.4 Å². The second-order valence-electron chi connectivity index (χ2n) is 3.53. The average molecular weight is 261 g/mol. The molecule has 0 saturated carbocycles. The zero-order valence-corrected chi connectivity index (χ0v) is 9.32. The fourth-order valence-electron chi connectivity index (χ4n) is 1.11. The highest BCUT2D eigenvalue weighted by Crippen LogP contribution is 2.29. The molecule has 0 heterocycles. The highest BCUT2D eigenvalue weighted by Gasteiger charge is 2.31. The SMILES string of the molecule is CC(OC(=O)c1cccc(C(F)(F)F)c1)C(N)=O. The lowest BCUT2D eigenvalue weighted by Crippen LogP contribution is -2.30. The first-order chi connectivity index (χ1) is 8.21. The summed E-state index contributed by atoms with van der Waals surface area (Å²) in [7, 11) is 0. The van der Waals surface area contributed by atoms with Crippen molar-refractivity contribution in [3.63, 3.8) is 0 Å². The Morgan fingerprint density at radius 3 is 2.44 bits per heavy atom. The number of hydrogen-bond acceptors (Lipinski definition) is 3. The molecule has 4 nitrogen and oxygen atoms in total. The molecule has 0 fully saturated rings. The fraction of sp³-hybridized carbons (Fsp3) is 0.273. The number of halogens is 3. The summed E-state index contributed by atoms with van der Waals surface area (Å²) < 4.78 is 41.8. The molecule has 0 aliphatic carbocycles. The fourth-order valence-corrected chi connectivity index (χ4v) is 1.11. The molecule has 1 atom stereocenters. The lowest BCUT2D eigenvalue weighted by molar-refractivity contribution is -0.137. The van der Waals surface area contributed by atoms with Crippen LogP contribution in [0.25, 0.3) is 0 Å². The third-order valence-corrected chi connectivity index (χ3v) is 2.11. The predicted octanol–water partition coefficient (Wildman–Crippen LogP) is 1.74. The molecule has 98 valence electrons. The van der Waals surface area contributed by atoms with Gasteiger partial charge in [0.1, 0.15) is 0 Å². The van der Waals surface area contributed by atoms with E-state index in [1.165, 1.54) is 6.92 Å². The minimum Gasteiger partial charge on any atom is -0.449 e. The Bertz CT molecular complexity index is 471. The second-order valence-corrected chi connectivity index (χ2v) is 3.53. The molecular formula is C11H10F3NO3. The van der Waals surface area contributed by atoms with Crippen molar-refractivity contribution < 1.29 is 27.5 Å². The Morgan fingerprint density at radius 1 is 1.33 bits per heavy atom. The summed E-state index contributed by atoms with van der Waals surface area (Å²) in [6.07, 6.45) is -5.75. The van der Waals surface area contributed by atoms with Crippen LogP contribution in [-0.2, 0) is 15.7 Å². The van der Waals surface area contributed by atoms with Crippen LogP contribution < -0.4 is 5.73 Å². The number of amides is 1. The first-order valence-corrected chi connectivity index (χ1v) is 4.89. The molecule has 1 aromatic carbocycles. The molecule has 0 aliphatic rings. The van der Waals surface area contributed by atoms with Crippen molar-refractivity contribution in [2.24, 2.45) is 5.73 Å². The molecular weight excluding hydrogens is 251 g/mol. The third-order valence-electron chi connectivity index (χ3n) is 2.11. The summed E-state index contributed by atoms with van der Waals surface area (Å²) in [4.78, 5) is 22.1. The number of ether oxygens (including phenoxy) is 1. The summed E-state index contributed by atoms with van der Waals surface area (Å²) >= 11 is 0. The molecule has 18 heavy (non-hydrogen) atoms. The number of hydrogen-bond donors (Lipinski definition) is 1. The predicted molar refractivity (Wildman–Crippen MR) is 55.5 cm³/mol. The van der Waals surface area contributed by atoms with Crippen molar-refractivity contribution in [2.75, 3.05) is 0 Å². The molecule has 1 rings (SSSR count). The summed E-state index contributed by atoms with van der Waals surface area (Å²) in [6.45, 7) is 1.23. The number of esters is 1. The number of carbonyl (C=O) groups is 2. The van der Waals surface area contributed by atoms with Gasteiger partial charge in [-0.05, 0) is 25.1 Å². The van der Waals surface area contributed by atoms with Crippen LogP contribution in [0.5, 0.6) is 0 Å². The van der Waals surface area contributed by atoms with E-state index in [1.54, 1.807) is 0 Å². The molecule has 0 saturated heterocycles. The number of primary amides is 1. The van der Waals surface area contributed by atoms with E-state index in [0.29, 0.717) is 6.07 Å². The van der Waals surface area contributed by atoms with Crippen molar-refractivity contribution >= 4 is 11.9 Å². The number of benzene rings is 1. The van der Waals surface area contributed by atoms with Gasteiger partial charge in [-0.15, -0.1) is 0 Å². The monoisotopic (exact) mass is 261 g/mol. The number of nitrogens with two attached hydrogens (primary N) is 1. The standard InChI is InChI=1S/C11H10F3NO3/c1-6(9(15)16)18-10(17)7-3-2-4-8(5-7)11(12,13)14/h2-6H,1H3,(H2,15,16). The van der Waals surface area contributed by atoms with Gasteiger partial charge in [0.15, 0.2) is 6.10 Å². The molecule has 7 heteroatoms. The van der Waals surface area contributed by atoms with Crippen LogP contribution >= 0.6 is 0 Å². The Kier molecular flexibility index (Phi) is 3.95. The third kappa shape index (κ3) is 3.47. The minimum atomic E-state index is -4.55. The number of alkyl halides is 3. The quantitative estimate of drug-likeness (QED) is 0.842. The van der Waals surface area contributed by atoms with E-state index in [4.69, 9.17) is 5.73 Å². The van der Waals surface area contributed by atoms with Gasteiger partial charge in [0.2, 0.25) is 0 Å². The lowest BCUT2D eigenvalue weighted by atomic mass is 10.1. The summed E-state index contributed by atoms with van der Waals surface area (Å²) in [6, 6.07) is 3.71. The summed E-state index contributed by atoms with van der Waals surface area (Å²) in [5.74, 6) is -1.91. The zero-order chi connectivity index (χ0) is 13.9. The molecule has 0 aliphatic heterocycles. The Morgan fingerprint density at radius 2 is 1.94 bits per heavy atom. The van der Waals surface area contributed by atoms with Crippen molar-refractivity contribution in [2.45, 2.75) is 19.2 Å². The average Bonchev–Trinajstić information content (AvgIpc) is 2.27. The highest BCUT2D eigenvalue weighted by atomic mass is 19.4. The first-order valence-electron chi connectivity index (χ1n) is 4.89. The van der Waals surface area contributed by atoms with E-state index < -0.39 is 29.7 Å². The molecule has 0 radical (unpaired) electrons. The smallest absolute Gasteiger partial charge is 0.416 e. The van der Waals surface area contributed by atoms with Gasteiger partial charge in [0, 0.05) is 0 Å². The van der Waals surface area contributed by atoms with E-state index in [9.17, 15) is 22.8 Å². The molecule has 0 aromatic heterocycles. The maximum Gasteiger partial charge on any atom is 0.416 e. The summed E-state index contributed by atoms with van der Waals surface area (Å²) in [5.41, 5.74) is 3.60. The van der Waals surface area contributed by atoms with Crippen molar-refractivity contribution in [1.82, 2.24) is 0 Å². The van der Waals surface area contributed by atoms with E-state index in [2.05, 4.69) is 4.74 Å². The maximum absolute atomic E-state index is 12.4. The van der Waals surface area contributed by atoms with Gasteiger partial charge in [-0.2, -0.15) is 13.2 Å². The van der Waals surface area contributed by atoms with Gasteiger partial charge in [0.05, 0.1) is 11.1 Å². The Balaban J connectivity index is 2.91. The van der Waals surface area contributed by atoms with E-state index >= 15 is 0 Å². The Hall–Kier alpha value is -2.05. The number of rotatable bonds is 3. The first kappa shape index (κ1) is 14.0. The lowest BCUT2D eigenvalue weighted by Gasteiger charge is -2.11. The van der Waals surface area contributed by atoms with Crippen LogP contribution in [0.1, 0.15) is 22.8 Å². The van der Waals surface area contributed by atoms with E-state index in [1.807, 2.05) is 0 Å². The zero-order valence-electron chi connectivity index (χ0n) is 9.32. The molecule has 1 amide bonds. The van der Waals surface area contributed by atoms with Gasteiger partial charge in [-0.3, -0.25) is 4.79 Å². The van der Waals surface area contributed by atoms with Crippen LogP contribution in [0.2, 0.25) is 0 Å². The molecule has 2 N–H and O–H groups in total. The van der Waals surface area contributed by atoms with Crippen molar-refractivity contribution in [3.8, 4) is 0 Å². The summed E-state index contributed by atoms with van der Waals surface area (Å²) in [5, 5.41) is 0. The molecule has 0 bridgehead atoms. The van der Waals surface area contributed by atoms with Crippen LogP contribution in [0, 0.1) is 0 Å². The van der Waals surface area contributed by atoms with Gasteiger partial charge in [0.25, 0.3) is 5.91 Å². The topological polar surface area (TPSA) is 69.4 Å². The van der Waals surface area contributed by atoms with Crippen LogP contribution in [0.4, 0.5) is 13.2 Å². The van der Waals surface area contributed by atoms with Gasteiger partial charge >= 0.3 is 12.1 Å². The van der Waals surface area contributed by atoms with Gasteiger partial charge in [-0.1, -0.05) is 6.07 Å². The molecule has 1 unspecified atom stereocenters.